The fourth-order valence-electron chi connectivity index (χ4n) is 3.11. The van der Waals surface area contributed by atoms with Gasteiger partial charge >= 0.3 is 5.97 Å². The van der Waals surface area contributed by atoms with Crippen molar-refractivity contribution in [3.05, 3.63) is 35.6 Å². The van der Waals surface area contributed by atoms with Crippen molar-refractivity contribution in [2.24, 2.45) is 5.92 Å². The Kier molecular flexibility index (Phi) is 3.88. The molecule has 116 valence electrons. The van der Waals surface area contributed by atoms with E-state index in [-0.39, 0.29) is 18.2 Å². The molecule has 0 unspecified atom stereocenters. The lowest BCUT2D eigenvalue weighted by Crippen LogP contribution is -2.39. The van der Waals surface area contributed by atoms with Gasteiger partial charge < -0.3 is 14.4 Å². The number of carbonyl (C=O) groups is 2. The van der Waals surface area contributed by atoms with Crippen molar-refractivity contribution in [1.29, 1.82) is 0 Å². The number of furan rings is 1. The summed E-state index contributed by atoms with van der Waals surface area (Å²) in [7, 11) is 0. The molecule has 1 amide bonds. The molecule has 22 heavy (non-hydrogen) atoms. The van der Waals surface area contributed by atoms with Crippen LogP contribution in [-0.2, 0) is 4.79 Å². The Morgan fingerprint density at radius 3 is 2.59 bits per heavy atom. The van der Waals surface area contributed by atoms with Crippen molar-refractivity contribution < 1.29 is 19.1 Å². The van der Waals surface area contributed by atoms with Crippen LogP contribution in [0.2, 0.25) is 0 Å². The number of carboxylic acids is 1. The molecule has 1 saturated heterocycles. The topological polar surface area (TPSA) is 70.8 Å². The molecule has 0 radical (unpaired) electrons. The molecule has 1 aromatic carbocycles. The van der Waals surface area contributed by atoms with Gasteiger partial charge in [0.2, 0.25) is 0 Å². The molecule has 0 atom stereocenters. The molecular weight excluding hydrogens is 282 g/mol. The van der Waals surface area contributed by atoms with Crippen LogP contribution < -0.4 is 0 Å². The number of aryl methyl sites for hydroxylation is 1. The van der Waals surface area contributed by atoms with Gasteiger partial charge in [0.05, 0.1) is 0 Å². The van der Waals surface area contributed by atoms with Crippen LogP contribution in [0.4, 0.5) is 0 Å². The van der Waals surface area contributed by atoms with E-state index in [1.165, 1.54) is 0 Å². The van der Waals surface area contributed by atoms with Crippen LogP contribution in [-0.4, -0.2) is 35.0 Å². The van der Waals surface area contributed by atoms with Gasteiger partial charge in [-0.3, -0.25) is 9.59 Å². The highest BCUT2D eigenvalue weighted by atomic mass is 16.4. The number of carbonyl (C=O) groups excluding carboxylic acids is 1. The fourth-order valence-corrected chi connectivity index (χ4v) is 3.11. The lowest BCUT2D eigenvalue weighted by atomic mass is 9.93. The third kappa shape index (κ3) is 2.71. The summed E-state index contributed by atoms with van der Waals surface area (Å²) in [5.74, 6) is -0.295. The Bertz CT molecular complexity index is 711. The number of aliphatic carboxylic acids is 1. The molecule has 1 aromatic heterocycles. The maximum Gasteiger partial charge on any atom is 0.303 e. The average molecular weight is 301 g/mol. The predicted molar refractivity (Wildman–Crippen MR) is 81.8 cm³/mol. The van der Waals surface area contributed by atoms with Crippen molar-refractivity contribution in [3.63, 3.8) is 0 Å². The van der Waals surface area contributed by atoms with Gasteiger partial charge in [0.1, 0.15) is 5.58 Å². The number of amides is 1. The molecule has 1 aliphatic heterocycles. The molecule has 0 spiro atoms. The van der Waals surface area contributed by atoms with E-state index < -0.39 is 5.97 Å². The number of carboxylic acid groups (broad SMARTS) is 1. The first kappa shape index (κ1) is 14.6. The van der Waals surface area contributed by atoms with E-state index in [0.717, 1.165) is 29.4 Å². The van der Waals surface area contributed by atoms with Crippen LogP contribution in [0.1, 0.15) is 35.4 Å². The molecule has 5 heteroatoms. The number of rotatable bonds is 3. The van der Waals surface area contributed by atoms with Crippen LogP contribution in [0.3, 0.4) is 0 Å². The maximum atomic E-state index is 12.6. The minimum atomic E-state index is -0.766. The van der Waals surface area contributed by atoms with E-state index in [1.54, 1.807) is 4.90 Å². The smallest absolute Gasteiger partial charge is 0.303 e. The molecule has 2 aromatic rings. The zero-order chi connectivity index (χ0) is 15.7. The van der Waals surface area contributed by atoms with E-state index in [0.29, 0.717) is 18.8 Å². The van der Waals surface area contributed by atoms with Crippen LogP contribution in [0, 0.1) is 12.8 Å². The SMILES string of the molecule is Cc1c(C(=O)N2CCC(CC(=O)O)CC2)oc2ccccc12. The number of hydrogen-bond acceptors (Lipinski definition) is 3. The first-order valence-corrected chi connectivity index (χ1v) is 7.55. The zero-order valence-corrected chi connectivity index (χ0v) is 12.5. The summed E-state index contributed by atoms with van der Waals surface area (Å²) in [6, 6.07) is 7.62. The molecule has 1 N–H and O–H groups in total. The predicted octanol–water partition coefficient (Wildman–Crippen LogP) is 3.07. The molecule has 2 heterocycles. The summed E-state index contributed by atoms with van der Waals surface area (Å²) in [6.45, 7) is 3.08. The second-order valence-corrected chi connectivity index (χ2v) is 5.89. The first-order chi connectivity index (χ1) is 10.6. The Labute approximate surface area is 128 Å². The van der Waals surface area contributed by atoms with Gasteiger partial charge in [-0.1, -0.05) is 18.2 Å². The highest BCUT2D eigenvalue weighted by Gasteiger charge is 2.28. The Morgan fingerprint density at radius 2 is 1.95 bits per heavy atom. The number of piperidine rings is 1. The van der Waals surface area contributed by atoms with Crippen LogP contribution >= 0.6 is 0 Å². The molecule has 1 aliphatic rings. The number of fused-ring (bicyclic) bond motifs is 1. The van der Waals surface area contributed by atoms with Crippen molar-refractivity contribution in [3.8, 4) is 0 Å². The summed E-state index contributed by atoms with van der Waals surface area (Å²) in [5, 5.41) is 9.80. The first-order valence-electron chi connectivity index (χ1n) is 7.55. The number of benzene rings is 1. The average Bonchev–Trinajstić information content (AvgIpc) is 2.84. The quantitative estimate of drug-likeness (QED) is 0.945. The molecule has 0 saturated carbocycles. The Morgan fingerprint density at radius 1 is 1.27 bits per heavy atom. The monoisotopic (exact) mass is 301 g/mol. The lowest BCUT2D eigenvalue weighted by Gasteiger charge is -2.30. The van der Waals surface area contributed by atoms with E-state index in [1.807, 2.05) is 31.2 Å². The zero-order valence-electron chi connectivity index (χ0n) is 12.5. The molecule has 1 fully saturated rings. The fraction of sp³-hybridized carbons (Fsp3) is 0.412. The van der Waals surface area contributed by atoms with Crippen LogP contribution in [0.25, 0.3) is 11.0 Å². The molecular formula is C17H19NO4. The van der Waals surface area contributed by atoms with Crippen molar-refractivity contribution in [2.45, 2.75) is 26.2 Å². The normalized spacial score (nSPS) is 16.1. The standard InChI is InChI=1S/C17H19NO4/c1-11-13-4-2-3-5-14(13)22-16(11)17(21)18-8-6-12(7-9-18)10-15(19)20/h2-5,12H,6-10H2,1H3,(H,19,20). The largest absolute Gasteiger partial charge is 0.481 e. The number of likely N-dealkylation sites (tertiary alicyclic amines) is 1. The summed E-state index contributed by atoms with van der Waals surface area (Å²) < 4.78 is 5.72. The minimum Gasteiger partial charge on any atom is -0.481 e. The lowest BCUT2D eigenvalue weighted by molar-refractivity contribution is -0.138. The van der Waals surface area contributed by atoms with Gasteiger partial charge in [0, 0.05) is 30.5 Å². The van der Waals surface area contributed by atoms with Gasteiger partial charge in [-0.15, -0.1) is 0 Å². The van der Waals surface area contributed by atoms with E-state index in [9.17, 15) is 9.59 Å². The summed E-state index contributed by atoms with van der Waals surface area (Å²) in [4.78, 5) is 25.2. The maximum absolute atomic E-state index is 12.6. The Balaban J connectivity index is 1.74. The highest BCUT2D eigenvalue weighted by molar-refractivity contribution is 5.98. The van der Waals surface area contributed by atoms with Crippen molar-refractivity contribution in [1.82, 2.24) is 4.90 Å². The second-order valence-electron chi connectivity index (χ2n) is 5.89. The number of nitrogens with zero attached hydrogens (tertiary/aromatic N) is 1. The van der Waals surface area contributed by atoms with Crippen LogP contribution in [0.5, 0.6) is 0 Å². The van der Waals surface area contributed by atoms with E-state index >= 15 is 0 Å². The van der Waals surface area contributed by atoms with Gasteiger partial charge in [0.15, 0.2) is 5.76 Å². The van der Waals surface area contributed by atoms with Gasteiger partial charge in [-0.05, 0) is 31.7 Å². The molecule has 0 bridgehead atoms. The highest BCUT2D eigenvalue weighted by Crippen LogP contribution is 2.28. The number of hydrogen-bond donors (Lipinski definition) is 1. The summed E-state index contributed by atoms with van der Waals surface area (Å²) in [5.41, 5.74) is 1.59. The van der Waals surface area contributed by atoms with Crippen molar-refractivity contribution in [2.75, 3.05) is 13.1 Å². The molecule has 5 nitrogen and oxygen atoms in total. The minimum absolute atomic E-state index is 0.0949. The van der Waals surface area contributed by atoms with E-state index in [2.05, 4.69) is 0 Å². The second kappa shape index (κ2) is 5.83. The van der Waals surface area contributed by atoms with E-state index in [4.69, 9.17) is 9.52 Å². The molecule has 3 rings (SSSR count). The Hall–Kier alpha value is -2.30. The van der Waals surface area contributed by atoms with Gasteiger partial charge in [0.25, 0.3) is 5.91 Å². The molecule has 0 aliphatic carbocycles. The van der Waals surface area contributed by atoms with Crippen LogP contribution in [0.15, 0.2) is 28.7 Å². The third-order valence-electron chi connectivity index (χ3n) is 4.40. The summed E-state index contributed by atoms with van der Waals surface area (Å²) in [6.07, 6.45) is 1.65. The third-order valence-corrected chi connectivity index (χ3v) is 4.40. The van der Waals surface area contributed by atoms with Gasteiger partial charge in [-0.2, -0.15) is 0 Å². The summed E-state index contributed by atoms with van der Waals surface area (Å²) >= 11 is 0. The van der Waals surface area contributed by atoms with Gasteiger partial charge in [-0.25, -0.2) is 0 Å². The van der Waals surface area contributed by atoms with Crippen molar-refractivity contribution >= 4 is 22.8 Å². The number of para-hydroxylation sites is 1.